The molecule has 0 aliphatic rings. The van der Waals surface area contributed by atoms with Crippen LogP contribution in [-0.4, -0.2) is 13.7 Å². The Morgan fingerprint density at radius 1 is 1.36 bits per heavy atom. The fraction of sp³-hybridized carbons (Fsp3) is 0.333. The van der Waals surface area contributed by atoms with Gasteiger partial charge in [0.05, 0.1) is 5.25 Å². The highest BCUT2D eigenvalue weighted by Crippen LogP contribution is 2.16. The second kappa shape index (κ2) is 4.64. The van der Waals surface area contributed by atoms with Gasteiger partial charge in [-0.25, -0.2) is 8.42 Å². The molecule has 0 spiro atoms. The quantitative estimate of drug-likeness (QED) is 0.804. The van der Waals surface area contributed by atoms with Gasteiger partial charge in [-0.05, 0) is 31.0 Å². The zero-order valence-electron chi connectivity index (χ0n) is 7.57. The standard InChI is InChI=1S/C9H10BrClO2S/c1-7(14(11,12)13)6-8-2-4-9(10)5-3-8/h2-5,7H,6H2,1H3. The van der Waals surface area contributed by atoms with Crippen molar-refractivity contribution in [1.29, 1.82) is 0 Å². The largest absolute Gasteiger partial charge is 0.235 e. The summed E-state index contributed by atoms with van der Waals surface area (Å²) in [4.78, 5) is 0. The van der Waals surface area contributed by atoms with E-state index < -0.39 is 14.3 Å². The highest BCUT2D eigenvalue weighted by Gasteiger charge is 2.17. The van der Waals surface area contributed by atoms with Crippen LogP contribution in [0.5, 0.6) is 0 Å². The lowest BCUT2D eigenvalue weighted by Gasteiger charge is -2.07. The number of halogens is 2. The molecule has 0 aromatic heterocycles. The number of benzene rings is 1. The third kappa shape index (κ3) is 3.59. The van der Waals surface area contributed by atoms with E-state index in [9.17, 15) is 8.42 Å². The van der Waals surface area contributed by atoms with E-state index in [1.54, 1.807) is 6.92 Å². The van der Waals surface area contributed by atoms with Crippen LogP contribution in [-0.2, 0) is 15.5 Å². The molecule has 0 N–H and O–H groups in total. The lowest BCUT2D eigenvalue weighted by Crippen LogP contribution is -2.14. The Balaban J connectivity index is 2.75. The van der Waals surface area contributed by atoms with E-state index in [1.807, 2.05) is 24.3 Å². The molecular weight excluding hydrogens is 288 g/mol. The van der Waals surface area contributed by atoms with Gasteiger partial charge in [-0.3, -0.25) is 0 Å². The Bertz CT molecular complexity index is 399. The summed E-state index contributed by atoms with van der Waals surface area (Å²) < 4.78 is 22.9. The van der Waals surface area contributed by atoms with Gasteiger partial charge in [0.15, 0.2) is 0 Å². The summed E-state index contributed by atoms with van der Waals surface area (Å²) in [6, 6.07) is 7.51. The van der Waals surface area contributed by atoms with Gasteiger partial charge in [0.2, 0.25) is 9.05 Å². The van der Waals surface area contributed by atoms with Crippen molar-refractivity contribution in [3.8, 4) is 0 Å². The van der Waals surface area contributed by atoms with Gasteiger partial charge >= 0.3 is 0 Å². The molecule has 78 valence electrons. The molecule has 0 saturated carbocycles. The van der Waals surface area contributed by atoms with Crippen molar-refractivity contribution in [2.24, 2.45) is 0 Å². The normalized spacial score (nSPS) is 13.9. The summed E-state index contributed by atoms with van der Waals surface area (Å²) in [5.41, 5.74) is 0.963. The maximum atomic E-state index is 11.0. The van der Waals surface area contributed by atoms with Crippen LogP contribution >= 0.6 is 26.6 Å². The Morgan fingerprint density at radius 3 is 2.29 bits per heavy atom. The molecular formula is C9H10BrClO2S. The Labute approximate surface area is 96.8 Å². The first-order chi connectivity index (χ1) is 6.39. The van der Waals surface area contributed by atoms with Gasteiger partial charge < -0.3 is 0 Å². The molecule has 0 bridgehead atoms. The van der Waals surface area contributed by atoms with E-state index in [2.05, 4.69) is 15.9 Å². The average molecular weight is 298 g/mol. The van der Waals surface area contributed by atoms with Crippen LogP contribution in [0.2, 0.25) is 0 Å². The van der Waals surface area contributed by atoms with Crippen LogP contribution in [0.15, 0.2) is 28.7 Å². The van der Waals surface area contributed by atoms with E-state index in [4.69, 9.17) is 10.7 Å². The van der Waals surface area contributed by atoms with Gasteiger partial charge in [0.25, 0.3) is 0 Å². The van der Waals surface area contributed by atoms with Crippen molar-refractivity contribution >= 4 is 35.7 Å². The smallest absolute Gasteiger partial charge is 0.212 e. The molecule has 1 rings (SSSR count). The number of hydrogen-bond acceptors (Lipinski definition) is 2. The minimum Gasteiger partial charge on any atom is -0.212 e. The van der Waals surface area contributed by atoms with E-state index >= 15 is 0 Å². The topological polar surface area (TPSA) is 34.1 Å². The third-order valence-corrected chi connectivity index (χ3v) is 4.49. The lowest BCUT2D eigenvalue weighted by atomic mass is 10.1. The first kappa shape index (κ1) is 12.0. The maximum Gasteiger partial charge on any atom is 0.235 e. The molecule has 0 fully saturated rings. The van der Waals surface area contributed by atoms with Gasteiger partial charge in [-0.2, -0.15) is 0 Å². The maximum absolute atomic E-state index is 11.0. The van der Waals surface area contributed by atoms with Crippen LogP contribution in [0.1, 0.15) is 12.5 Å². The molecule has 1 atom stereocenters. The number of rotatable bonds is 3. The van der Waals surface area contributed by atoms with Crippen LogP contribution in [0.3, 0.4) is 0 Å². The first-order valence-corrected chi connectivity index (χ1v) is 7.24. The highest BCUT2D eigenvalue weighted by molar-refractivity contribution is 9.10. The molecule has 0 aliphatic carbocycles. The van der Waals surface area contributed by atoms with Crippen molar-refractivity contribution < 1.29 is 8.42 Å². The van der Waals surface area contributed by atoms with E-state index in [1.165, 1.54) is 0 Å². The van der Waals surface area contributed by atoms with Crippen LogP contribution in [0.25, 0.3) is 0 Å². The SMILES string of the molecule is CC(Cc1ccc(Br)cc1)S(=O)(=O)Cl. The predicted molar refractivity (Wildman–Crippen MR) is 62.1 cm³/mol. The molecule has 14 heavy (non-hydrogen) atoms. The second-order valence-electron chi connectivity index (χ2n) is 3.12. The molecule has 0 aliphatic heterocycles. The van der Waals surface area contributed by atoms with Gasteiger partial charge in [-0.15, -0.1) is 0 Å². The van der Waals surface area contributed by atoms with Crippen LogP contribution < -0.4 is 0 Å². The average Bonchev–Trinajstić information content (AvgIpc) is 2.07. The van der Waals surface area contributed by atoms with Gasteiger partial charge in [0.1, 0.15) is 0 Å². The molecule has 5 heteroatoms. The molecule has 1 aromatic carbocycles. The molecule has 0 heterocycles. The van der Waals surface area contributed by atoms with E-state index in [0.717, 1.165) is 10.0 Å². The Hall–Kier alpha value is -0.0600. The fourth-order valence-corrected chi connectivity index (χ4v) is 1.90. The summed E-state index contributed by atoms with van der Waals surface area (Å²) in [6.07, 6.45) is 0.444. The number of hydrogen-bond donors (Lipinski definition) is 0. The predicted octanol–water partition coefficient (Wildman–Crippen LogP) is 2.95. The molecule has 1 unspecified atom stereocenters. The lowest BCUT2D eigenvalue weighted by molar-refractivity contribution is 0.597. The van der Waals surface area contributed by atoms with Crippen LogP contribution in [0.4, 0.5) is 0 Å². The molecule has 1 aromatic rings. The summed E-state index contributed by atoms with van der Waals surface area (Å²) in [7, 11) is 1.78. The minimum absolute atomic E-state index is 0.444. The van der Waals surface area contributed by atoms with Crippen molar-refractivity contribution in [3.05, 3.63) is 34.3 Å². The fourth-order valence-electron chi connectivity index (χ4n) is 1.05. The monoisotopic (exact) mass is 296 g/mol. The third-order valence-electron chi connectivity index (χ3n) is 1.92. The molecule has 0 saturated heterocycles. The van der Waals surface area contributed by atoms with E-state index in [-0.39, 0.29) is 0 Å². The van der Waals surface area contributed by atoms with Crippen molar-refractivity contribution in [2.45, 2.75) is 18.6 Å². The summed E-state index contributed by atoms with van der Waals surface area (Å²) in [6.45, 7) is 1.60. The Kier molecular flexibility index (Phi) is 3.98. The van der Waals surface area contributed by atoms with E-state index in [0.29, 0.717) is 6.42 Å². The van der Waals surface area contributed by atoms with Gasteiger partial charge in [0, 0.05) is 15.2 Å². The molecule has 0 amide bonds. The summed E-state index contributed by atoms with van der Waals surface area (Å²) in [5.74, 6) is 0. The first-order valence-electron chi connectivity index (χ1n) is 4.07. The summed E-state index contributed by atoms with van der Waals surface area (Å²) in [5, 5.41) is -0.551. The molecule has 2 nitrogen and oxygen atoms in total. The van der Waals surface area contributed by atoms with Crippen molar-refractivity contribution in [3.63, 3.8) is 0 Å². The zero-order valence-corrected chi connectivity index (χ0v) is 10.7. The van der Waals surface area contributed by atoms with Crippen LogP contribution in [0, 0.1) is 0 Å². The molecule has 0 radical (unpaired) electrons. The van der Waals surface area contributed by atoms with Crippen molar-refractivity contribution in [2.75, 3.05) is 0 Å². The Morgan fingerprint density at radius 2 is 1.86 bits per heavy atom. The van der Waals surface area contributed by atoms with Gasteiger partial charge in [-0.1, -0.05) is 28.1 Å². The minimum atomic E-state index is -3.45. The zero-order chi connectivity index (χ0) is 10.8. The van der Waals surface area contributed by atoms with Crippen molar-refractivity contribution in [1.82, 2.24) is 0 Å². The highest BCUT2D eigenvalue weighted by atomic mass is 79.9. The second-order valence-corrected chi connectivity index (χ2v) is 7.08. The summed E-state index contributed by atoms with van der Waals surface area (Å²) >= 11 is 3.31.